The lowest BCUT2D eigenvalue weighted by atomic mass is 10.1. The Morgan fingerprint density at radius 2 is 2.10 bits per heavy atom. The number of aliphatic hydroxyl groups is 1. The highest BCUT2D eigenvalue weighted by molar-refractivity contribution is 5.86. The van der Waals surface area contributed by atoms with Crippen LogP contribution in [0.5, 0.6) is 5.75 Å². The molecule has 1 aromatic rings. The molecule has 0 radical (unpaired) electrons. The van der Waals surface area contributed by atoms with Crippen LogP contribution in [-0.4, -0.2) is 30.5 Å². The second kappa shape index (κ2) is 6.58. The van der Waals surface area contributed by atoms with Crippen molar-refractivity contribution in [3.8, 4) is 5.75 Å². The molecular formula is C14H22N2O4. The number of benzene rings is 1. The summed E-state index contributed by atoms with van der Waals surface area (Å²) in [5.74, 6) is 0.574. The average molecular weight is 282 g/mol. The van der Waals surface area contributed by atoms with Crippen molar-refractivity contribution in [2.24, 2.45) is 5.73 Å². The summed E-state index contributed by atoms with van der Waals surface area (Å²) in [6.07, 6.45) is -0.586. The van der Waals surface area contributed by atoms with Crippen LogP contribution in [0.2, 0.25) is 0 Å². The second-order valence-electron chi connectivity index (χ2n) is 5.37. The molecule has 0 saturated carbocycles. The summed E-state index contributed by atoms with van der Waals surface area (Å²) < 4.78 is 10.3. The Morgan fingerprint density at radius 1 is 1.45 bits per heavy atom. The first-order chi connectivity index (χ1) is 9.26. The van der Waals surface area contributed by atoms with Gasteiger partial charge in [-0.3, -0.25) is 5.32 Å². The molecule has 0 saturated heterocycles. The molecule has 1 aromatic carbocycles. The lowest BCUT2D eigenvalue weighted by molar-refractivity contribution is 0.0635. The third-order valence-electron chi connectivity index (χ3n) is 2.49. The number of carbonyl (C=O) groups excluding carboxylic acids is 1. The molecule has 1 rings (SSSR count). The Balaban J connectivity index is 2.98. The van der Waals surface area contributed by atoms with Crippen molar-refractivity contribution in [1.82, 2.24) is 0 Å². The summed E-state index contributed by atoms with van der Waals surface area (Å²) in [7, 11) is 1.53. The van der Waals surface area contributed by atoms with Gasteiger partial charge in [0.1, 0.15) is 11.4 Å². The van der Waals surface area contributed by atoms with Crippen molar-refractivity contribution in [3.63, 3.8) is 0 Å². The van der Waals surface area contributed by atoms with E-state index in [2.05, 4.69) is 5.32 Å². The maximum absolute atomic E-state index is 11.8. The van der Waals surface area contributed by atoms with Gasteiger partial charge in [-0.2, -0.15) is 0 Å². The highest BCUT2D eigenvalue weighted by Gasteiger charge is 2.19. The van der Waals surface area contributed by atoms with Gasteiger partial charge in [-0.05, 0) is 32.4 Å². The highest BCUT2D eigenvalue weighted by Crippen LogP contribution is 2.27. The lowest BCUT2D eigenvalue weighted by Crippen LogP contribution is -2.28. The van der Waals surface area contributed by atoms with Crippen LogP contribution in [0.4, 0.5) is 10.5 Å². The first-order valence-electron chi connectivity index (χ1n) is 6.31. The predicted octanol–water partition coefficient (Wildman–Crippen LogP) is 2.03. The van der Waals surface area contributed by atoms with E-state index in [0.29, 0.717) is 17.0 Å². The van der Waals surface area contributed by atoms with Crippen molar-refractivity contribution in [2.75, 3.05) is 19.0 Å². The van der Waals surface area contributed by atoms with E-state index in [-0.39, 0.29) is 6.61 Å². The van der Waals surface area contributed by atoms with Gasteiger partial charge in [-0.15, -0.1) is 0 Å². The molecule has 4 N–H and O–H groups in total. The van der Waals surface area contributed by atoms with Crippen molar-refractivity contribution in [3.05, 3.63) is 23.8 Å². The van der Waals surface area contributed by atoms with Gasteiger partial charge in [-0.25, -0.2) is 4.79 Å². The quantitative estimate of drug-likeness (QED) is 0.785. The van der Waals surface area contributed by atoms with E-state index in [0.717, 1.165) is 0 Å². The van der Waals surface area contributed by atoms with E-state index in [4.69, 9.17) is 20.3 Å². The number of nitrogens with two attached hydrogens (primary N) is 1. The zero-order chi connectivity index (χ0) is 15.3. The first kappa shape index (κ1) is 16.3. The fraction of sp³-hybridized carbons (Fsp3) is 0.500. The van der Waals surface area contributed by atoms with Crippen LogP contribution < -0.4 is 15.8 Å². The molecule has 1 atom stereocenters. The molecule has 0 aliphatic carbocycles. The Bertz CT molecular complexity index is 469. The maximum Gasteiger partial charge on any atom is 0.412 e. The molecular weight excluding hydrogens is 260 g/mol. The van der Waals surface area contributed by atoms with Gasteiger partial charge in [0.25, 0.3) is 0 Å². The van der Waals surface area contributed by atoms with Crippen molar-refractivity contribution in [2.45, 2.75) is 32.4 Å². The van der Waals surface area contributed by atoms with Crippen molar-refractivity contribution in [1.29, 1.82) is 0 Å². The van der Waals surface area contributed by atoms with Gasteiger partial charge >= 0.3 is 6.09 Å². The number of ether oxygens (including phenoxy) is 2. The van der Waals surface area contributed by atoms with E-state index in [1.807, 2.05) is 0 Å². The molecule has 20 heavy (non-hydrogen) atoms. The summed E-state index contributed by atoms with van der Waals surface area (Å²) in [5.41, 5.74) is 6.28. The second-order valence-corrected chi connectivity index (χ2v) is 5.37. The average Bonchev–Trinajstić information content (AvgIpc) is 2.35. The number of anilines is 1. The molecule has 6 heteroatoms. The minimum absolute atomic E-state index is 0.227. The maximum atomic E-state index is 11.8. The molecule has 0 aromatic heterocycles. The topological polar surface area (TPSA) is 93.8 Å². The van der Waals surface area contributed by atoms with E-state index in [1.165, 1.54) is 7.11 Å². The van der Waals surface area contributed by atoms with Crippen LogP contribution >= 0.6 is 0 Å². The number of rotatable bonds is 4. The zero-order valence-electron chi connectivity index (χ0n) is 12.3. The number of carbonyl (C=O) groups is 1. The third-order valence-corrected chi connectivity index (χ3v) is 2.49. The summed E-state index contributed by atoms with van der Waals surface area (Å²) in [4.78, 5) is 11.8. The molecule has 6 nitrogen and oxygen atoms in total. The Morgan fingerprint density at radius 3 is 2.60 bits per heavy atom. The number of nitrogens with one attached hydrogen (secondary N) is 1. The first-order valence-corrected chi connectivity index (χ1v) is 6.31. The van der Waals surface area contributed by atoms with Gasteiger partial charge in [0.05, 0.1) is 25.4 Å². The fourth-order valence-electron chi connectivity index (χ4n) is 1.61. The molecule has 0 aliphatic heterocycles. The zero-order valence-corrected chi connectivity index (χ0v) is 12.3. The Kier molecular flexibility index (Phi) is 5.35. The van der Waals surface area contributed by atoms with Crippen molar-refractivity contribution >= 4 is 11.8 Å². The fourth-order valence-corrected chi connectivity index (χ4v) is 1.61. The molecule has 0 aliphatic rings. The molecule has 1 amide bonds. The van der Waals surface area contributed by atoms with Crippen LogP contribution in [0.1, 0.15) is 32.4 Å². The number of methoxy groups -OCH3 is 1. The van der Waals surface area contributed by atoms with Crippen LogP contribution in [0.15, 0.2) is 18.2 Å². The van der Waals surface area contributed by atoms with Crippen LogP contribution in [0.3, 0.4) is 0 Å². The molecule has 112 valence electrons. The Hall–Kier alpha value is -1.79. The van der Waals surface area contributed by atoms with Gasteiger partial charge in [0.2, 0.25) is 0 Å². The van der Waals surface area contributed by atoms with Crippen LogP contribution in [0, 0.1) is 0 Å². The van der Waals surface area contributed by atoms with Crippen LogP contribution in [0.25, 0.3) is 0 Å². The molecule has 0 heterocycles. The smallest absolute Gasteiger partial charge is 0.412 e. The largest absolute Gasteiger partial charge is 0.497 e. The Labute approximate surface area is 118 Å². The van der Waals surface area contributed by atoms with Gasteiger partial charge in [0, 0.05) is 6.07 Å². The van der Waals surface area contributed by atoms with E-state index >= 15 is 0 Å². The van der Waals surface area contributed by atoms with E-state index < -0.39 is 17.7 Å². The van der Waals surface area contributed by atoms with Gasteiger partial charge in [-0.1, -0.05) is 6.07 Å². The monoisotopic (exact) mass is 282 g/mol. The SMILES string of the molecule is COc1ccc([C@@H](N)CO)c(NC(=O)OC(C)(C)C)c1. The summed E-state index contributed by atoms with van der Waals surface area (Å²) in [6, 6.07) is 4.46. The van der Waals surface area contributed by atoms with Gasteiger partial charge in [0.15, 0.2) is 0 Å². The van der Waals surface area contributed by atoms with Crippen molar-refractivity contribution < 1.29 is 19.4 Å². The number of hydrogen-bond donors (Lipinski definition) is 3. The van der Waals surface area contributed by atoms with Crippen LogP contribution in [-0.2, 0) is 4.74 Å². The molecule has 0 fully saturated rings. The molecule has 0 spiro atoms. The minimum atomic E-state index is -0.595. The standard InChI is InChI=1S/C14H22N2O4/c1-14(2,3)20-13(18)16-12-7-9(19-4)5-6-10(12)11(15)8-17/h5-7,11,17H,8,15H2,1-4H3,(H,16,18)/t11-/m0/s1. The number of amides is 1. The minimum Gasteiger partial charge on any atom is -0.497 e. The highest BCUT2D eigenvalue weighted by atomic mass is 16.6. The molecule has 0 bridgehead atoms. The number of aliphatic hydroxyl groups excluding tert-OH is 1. The number of hydrogen-bond acceptors (Lipinski definition) is 5. The summed E-state index contributed by atoms with van der Waals surface area (Å²) >= 11 is 0. The van der Waals surface area contributed by atoms with Gasteiger partial charge < -0.3 is 20.3 Å². The predicted molar refractivity (Wildman–Crippen MR) is 76.9 cm³/mol. The molecule has 0 unspecified atom stereocenters. The third kappa shape index (κ3) is 4.71. The summed E-state index contributed by atoms with van der Waals surface area (Å²) in [6.45, 7) is 5.10. The van der Waals surface area contributed by atoms with E-state index in [1.54, 1.807) is 39.0 Å². The summed E-state index contributed by atoms with van der Waals surface area (Å²) in [5, 5.41) is 11.8. The van der Waals surface area contributed by atoms with E-state index in [9.17, 15) is 4.79 Å². The lowest BCUT2D eigenvalue weighted by Gasteiger charge is -2.21. The normalized spacial score (nSPS) is 12.7.